The Kier molecular flexibility index (Phi) is 8.72. The van der Waals surface area contributed by atoms with Crippen molar-refractivity contribution in [1.29, 1.82) is 0 Å². The summed E-state index contributed by atoms with van der Waals surface area (Å²) < 4.78 is 0. The Morgan fingerprint density at radius 3 is 2.25 bits per heavy atom. The van der Waals surface area contributed by atoms with Gasteiger partial charge in [-0.2, -0.15) is 0 Å². The van der Waals surface area contributed by atoms with Gasteiger partial charge in [-0.3, -0.25) is 10.2 Å². The lowest BCUT2D eigenvalue weighted by Crippen LogP contribution is -2.30. The van der Waals surface area contributed by atoms with Gasteiger partial charge < -0.3 is 0 Å². The highest BCUT2D eigenvalue weighted by Gasteiger charge is 2.08. The van der Waals surface area contributed by atoms with Gasteiger partial charge in [-0.15, -0.1) is 0 Å². The standard InChI is InChI=1S/C17H28N2O/c1-2-3-4-5-6-7-8-9-12-15-13-10-11-14-16(15)17(20)19-18/h10-11,13-14H,2-9,12,18H2,1H3,(H,19,20). The lowest BCUT2D eigenvalue weighted by Gasteiger charge is -2.08. The molecule has 0 saturated heterocycles. The molecule has 1 aromatic rings. The monoisotopic (exact) mass is 276 g/mol. The molecule has 0 atom stereocenters. The SMILES string of the molecule is CCCCCCCCCCc1ccccc1C(=O)NN. The number of unbranched alkanes of at least 4 members (excludes halogenated alkanes) is 7. The number of amides is 1. The van der Waals surface area contributed by atoms with Crippen molar-refractivity contribution in [2.24, 2.45) is 5.84 Å². The molecule has 3 heteroatoms. The number of rotatable bonds is 10. The molecule has 0 fully saturated rings. The van der Waals surface area contributed by atoms with E-state index >= 15 is 0 Å². The fourth-order valence-corrected chi connectivity index (χ4v) is 2.49. The second kappa shape index (κ2) is 10.4. The second-order valence-corrected chi connectivity index (χ2v) is 5.36. The lowest BCUT2D eigenvalue weighted by atomic mass is 10.00. The number of carbonyl (C=O) groups is 1. The van der Waals surface area contributed by atoms with Crippen LogP contribution in [-0.4, -0.2) is 5.91 Å². The van der Waals surface area contributed by atoms with E-state index < -0.39 is 0 Å². The molecule has 0 unspecified atom stereocenters. The summed E-state index contributed by atoms with van der Waals surface area (Å²) in [6, 6.07) is 7.71. The minimum Gasteiger partial charge on any atom is -0.290 e. The first kappa shape index (κ1) is 16.7. The maximum absolute atomic E-state index is 11.6. The van der Waals surface area contributed by atoms with Gasteiger partial charge >= 0.3 is 0 Å². The minimum atomic E-state index is -0.194. The number of hydrazine groups is 1. The normalized spacial score (nSPS) is 10.5. The van der Waals surface area contributed by atoms with Crippen molar-refractivity contribution in [3.8, 4) is 0 Å². The first-order valence-corrected chi connectivity index (χ1v) is 7.88. The molecule has 0 saturated carbocycles. The number of hydrogen-bond acceptors (Lipinski definition) is 2. The van der Waals surface area contributed by atoms with Crippen molar-refractivity contribution < 1.29 is 4.79 Å². The average Bonchev–Trinajstić information content (AvgIpc) is 2.49. The first-order chi connectivity index (χ1) is 9.79. The van der Waals surface area contributed by atoms with Gasteiger partial charge in [0, 0.05) is 5.56 Å². The molecular weight excluding hydrogens is 248 g/mol. The summed E-state index contributed by atoms with van der Waals surface area (Å²) in [5.74, 6) is 5.01. The van der Waals surface area contributed by atoms with E-state index in [9.17, 15) is 4.79 Å². The van der Waals surface area contributed by atoms with Crippen LogP contribution in [-0.2, 0) is 6.42 Å². The highest BCUT2D eigenvalue weighted by Crippen LogP contribution is 2.14. The fourth-order valence-electron chi connectivity index (χ4n) is 2.49. The number of nitrogens with one attached hydrogen (secondary N) is 1. The van der Waals surface area contributed by atoms with Gasteiger partial charge in [-0.05, 0) is 24.5 Å². The topological polar surface area (TPSA) is 55.1 Å². The maximum Gasteiger partial charge on any atom is 0.265 e. The fraction of sp³-hybridized carbons (Fsp3) is 0.588. The lowest BCUT2D eigenvalue weighted by molar-refractivity contribution is 0.0952. The summed E-state index contributed by atoms with van der Waals surface area (Å²) in [4.78, 5) is 11.6. The van der Waals surface area contributed by atoms with Crippen LogP contribution in [0.1, 0.15) is 74.2 Å². The second-order valence-electron chi connectivity index (χ2n) is 5.36. The molecular formula is C17H28N2O. The smallest absolute Gasteiger partial charge is 0.265 e. The van der Waals surface area contributed by atoms with E-state index in [-0.39, 0.29) is 5.91 Å². The number of carbonyl (C=O) groups excluding carboxylic acids is 1. The summed E-state index contributed by atoms with van der Waals surface area (Å²) in [5, 5.41) is 0. The maximum atomic E-state index is 11.6. The molecule has 0 aliphatic heterocycles. The number of hydrogen-bond donors (Lipinski definition) is 2. The molecule has 0 radical (unpaired) electrons. The van der Waals surface area contributed by atoms with E-state index in [2.05, 4.69) is 12.3 Å². The van der Waals surface area contributed by atoms with Crippen molar-refractivity contribution in [2.45, 2.75) is 64.7 Å². The molecule has 0 aromatic heterocycles. The van der Waals surface area contributed by atoms with E-state index in [0.29, 0.717) is 5.56 Å². The van der Waals surface area contributed by atoms with Crippen molar-refractivity contribution in [3.63, 3.8) is 0 Å². The van der Waals surface area contributed by atoms with E-state index in [1.165, 1.54) is 44.9 Å². The van der Waals surface area contributed by atoms with Crippen LogP contribution in [0.5, 0.6) is 0 Å². The zero-order chi connectivity index (χ0) is 14.6. The van der Waals surface area contributed by atoms with E-state index in [0.717, 1.165) is 18.4 Å². The van der Waals surface area contributed by atoms with Crippen LogP contribution < -0.4 is 11.3 Å². The quantitative estimate of drug-likeness (QED) is 0.294. The van der Waals surface area contributed by atoms with Crippen LogP contribution in [0.25, 0.3) is 0 Å². The largest absolute Gasteiger partial charge is 0.290 e. The summed E-state index contributed by atoms with van der Waals surface area (Å²) in [6.45, 7) is 2.24. The van der Waals surface area contributed by atoms with Gasteiger partial charge in [0.25, 0.3) is 5.91 Å². The molecule has 0 bridgehead atoms. The summed E-state index contributed by atoms with van der Waals surface area (Å²) in [5.41, 5.74) is 4.02. The zero-order valence-electron chi connectivity index (χ0n) is 12.7. The molecule has 0 aliphatic rings. The van der Waals surface area contributed by atoms with Crippen molar-refractivity contribution in [3.05, 3.63) is 35.4 Å². The molecule has 1 aromatic carbocycles. The summed E-state index contributed by atoms with van der Waals surface area (Å²) in [7, 11) is 0. The minimum absolute atomic E-state index is 0.194. The third-order valence-corrected chi connectivity index (χ3v) is 3.69. The van der Waals surface area contributed by atoms with Crippen LogP contribution in [0.4, 0.5) is 0 Å². The third kappa shape index (κ3) is 6.20. The van der Waals surface area contributed by atoms with E-state index in [1.807, 2.05) is 24.3 Å². The van der Waals surface area contributed by atoms with Crippen LogP contribution in [0.15, 0.2) is 24.3 Å². The molecule has 1 amide bonds. The highest BCUT2D eigenvalue weighted by molar-refractivity contribution is 5.95. The molecule has 1 rings (SSSR count). The summed E-state index contributed by atoms with van der Waals surface area (Å²) in [6.07, 6.45) is 11.4. The Morgan fingerprint density at radius 2 is 1.60 bits per heavy atom. The van der Waals surface area contributed by atoms with Crippen LogP contribution in [0.3, 0.4) is 0 Å². The predicted molar refractivity (Wildman–Crippen MR) is 84.4 cm³/mol. The van der Waals surface area contributed by atoms with Crippen LogP contribution in [0.2, 0.25) is 0 Å². The van der Waals surface area contributed by atoms with E-state index in [4.69, 9.17) is 5.84 Å². The molecule has 0 aliphatic carbocycles. The molecule has 3 N–H and O–H groups in total. The Bertz CT molecular complexity index is 390. The number of aryl methyl sites for hydroxylation is 1. The van der Waals surface area contributed by atoms with Gasteiger partial charge in [0.2, 0.25) is 0 Å². The van der Waals surface area contributed by atoms with Crippen LogP contribution in [0, 0.1) is 0 Å². The molecule has 0 spiro atoms. The molecule has 20 heavy (non-hydrogen) atoms. The zero-order valence-corrected chi connectivity index (χ0v) is 12.7. The summed E-state index contributed by atoms with van der Waals surface area (Å²) >= 11 is 0. The average molecular weight is 276 g/mol. The first-order valence-electron chi connectivity index (χ1n) is 7.88. The predicted octanol–water partition coefficient (Wildman–Crippen LogP) is 3.97. The van der Waals surface area contributed by atoms with Gasteiger partial charge in [-0.1, -0.05) is 70.1 Å². The number of nitrogen functional groups attached to an aromatic ring is 1. The Morgan fingerprint density at radius 1 is 1.00 bits per heavy atom. The number of benzene rings is 1. The van der Waals surface area contributed by atoms with E-state index in [1.54, 1.807) is 0 Å². The number of nitrogens with two attached hydrogens (primary N) is 1. The van der Waals surface area contributed by atoms with Crippen LogP contribution >= 0.6 is 0 Å². The van der Waals surface area contributed by atoms with Crippen molar-refractivity contribution in [1.82, 2.24) is 5.43 Å². The Balaban J connectivity index is 2.23. The van der Waals surface area contributed by atoms with Gasteiger partial charge in [0.05, 0.1) is 0 Å². The molecule has 3 nitrogen and oxygen atoms in total. The van der Waals surface area contributed by atoms with Gasteiger partial charge in [0.1, 0.15) is 0 Å². The molecule has 112 valence electrons. The molecule has 0 heterocycles. The van der Waals surface area contributed by atoms with Crippen molar-refractivity contribution in [2.75, 3.05) is 0 Å². The Hall–Kier alpha value is -1.35. The van der Waals surface area contributed by atoms with Crippen molar-refractivity contribution >= 4 is 5.91 Å². The third-order valence-electron chi connectivity index (χ3n) is 3.69. The van der Waals surface area contributed by atoms with Gasteiger partial charge in [0.15, 0.2) is 0 Å². The van der Waals surface area contributed by atoms with Gasteiger partial charge in [-0.25, -0.2) is 5.84 Å². The highest BCUT2D eigenvalue weighted by atomic mass is 16.2. The Labute approximate surface area is 122 Å².